The monoisotopic (exact) mass is 224 g/mol. The van der Waals surface area contributed by atoms with Gasteiger partial charge >= 0.3 is 94.9 Å². The van der Waals surface area contributed by atoms with Gasteiger partial charge in [-0.05, 0) is 0 Å². The third-order valence-corrected chi connectivity index (χ3v) is 0. The van der Waals surface area contributed by atoms with E-state index in [0.29, 0.717) is 0 Å². The molecule has 0 aliphatic rings. The van der Waals surface area contributed by atoms with E-state index in [1.807, 2.05) is 0 Å². The zero-order valence-corrected chi connectivity index (χ0v) is 4.89. The van der Waals surface area contributed by atoms with Gasteiger partial charge in [0.1, 0.15) is 0 Å². The van der Waals surface area contributed by atoms with Crippen LogP contribution in [0.3, 0.4) is 0 Å². The van der Waals surface area contributed by atoms with Gasteiger partial charge in [0.2, 0.25) is 0 Å². The molecule has 0 aromatic rings. The SMILES string of the molecule is O=C(O)O.O=P(O)(O)O.[KH].[NaH]. The minimum atomic E-state index is -4.64. The van der Waals surface area contributed by atoms with Gasteiger partial charge in [-0.1, -0.05) is 0 Å². The zero-order chi connectivity index (χ0) is 8.08. The Balaban J connectivity index is -0.0000000383. The van der Waals surface area contributed by atoms with E-state index < -0.39 is 14.0 Å². The van der Waals surface area contributed by atoms with E-state index in [1.165, 1.54) is 0 Å². The third-order valence-electron chi connectivity index (χ3n) is 0. The Bertz CT molecular complexity index is 118. The summed E-state index contributed by atoms with van der Waals surface area (Å²) in [5, 5.41) is 13.9. The first-order valence-electron chi connectivity index (χ1n) is 1.43. The van der Waals surface area contributed by atoms with Crippen molar-refractivity contribution in [2.75, 3.05) is 0 Å². The zero-order valence-electron chi connectivity index (χ0n) is 4.00. The minimum absolute atomic E-state index is 0. The van der Waals surface area contributed by atoms with Crippen LogP contribution in [0.5, 0.6) is 0 Å². The summed E-state index contributed by atoms with van der Waals surface area (Å²) in [4.78, 5) is 30.1. The predicted molar refractivity (Wildman–Crippen MR) is 39.2 cm³/mol. The molecular weight excluding hydrogens is 217 g/mol. The molecule has 0 rings (SSSR count). The van der Waals surface area contributed by atoms with Crippen molar-refractivity contribution >= 4 is 94.9 Å². The first kappa shape index (κ1) is 23.1. The molecule has 0 spiro atoms. The molecule has 10 heteroatoms. The summed E-state index contributed by atoms with van der Waals surface area (Å²) < 4.78 is 8.88. The molecule has 0 aliphatic heterocycles. The summed E-state index contributed by atoms with van der Waals surface area (Å²) in [5.74, 6) is 0. The van der Waals surface area contributed by atoms with Gasteiger partial charge < -0.3 is 24.9 Å². The van der Waals surface area contributed by atoms with E-state index in [2.05, 4.69) is 0 Å². The number of rotatable bonds is 0. The first-order chi connectivity index (χ1) is 3.73. The fraction of sp³-hybridized carbons (Fsp3) is 0. The van der Waals surface area contributed by atoms with Gasteiger partial charge in [0, 0.05) is 0 Å². The molecule has 11 heavy (non-hydrogen) atoms. The van der Waals surface area contributed by atoms with Crippen molar-refractivity contribution < 1.29 is 34.3 Å². The van der Waals surface area contributed by atoms with Crippen molar-refractivity contribution in [2.24, 2.45) is 0 Å². The molecule has 0 heterocycles. The van der Waals surface area contributed by atoms with Crippen molar-refractivity contribution in [3.8, 4) is 0 Å². The summed E-state index contributed by atoms with van der Waals surface area (Å²) in [5.41, 5.74) is 0. The molecule has 60 valence electrons. The summed E-state index contributed by atoms with van der Waals surface area (Å²) in [6.45, 7) is 0. The second-order valence-corrected chi connectivity index (χ2v) is 1.82. The summed E-state index contributed by atoms with van der Waals surface area (Å²) >= 11 is 0. The molecule has 0 bridgehead atoms. The number of hydrogen-bond acceptors (Lipinski definition) is 2. The van der Waals surface area contributed by atoms with Crippen molar-refractivity contribution in [1.82, 2.24) is 0 Å². The van der Waals surface area contributed by atoms with Crippen molar-refractivity contribution in [2.45, 2.75) is 0 Å². The van der Waals surface area contributed by atoms with E-state index in [9.17, 15) is 0 Å². The molecule has 0 saturated carbocycles. The van der Waals surface area contributed by atoms with Gasteiger partial charge in [-0.15, -0.1) is 0 Å². The molecule has 0 atom stereocenters. The van der Waals surface area contributed by atoms with E-state index in [-0.39, 0.29) is 80.9 Å². The van der Waals surface area contributed by atoms with Gasteiger partial charge in [-0.3, -0.25) is 0 Å². The van der Waals surface area contributed by atoms with Crippen LogP contribution in [-0.4, -0.2) is 112 Å². The van der Waals surface area contributed by atoms with E-state index >= 15 is 0 Å². The van der Waals surface area contributed by atoms with Gasteiger partial charge in [0.05, 0.1) is 0 Å². The van der Waals surface area contributed by atoms with Crippen LogP contribution in [0, 0.1) is 0 Å². The number of hydrogen-bond donors (Lipinski definition) is 5. The normalized spacial score (nSPS) is 7.55. The van der Waals surface area contributed by atoms with Crippen LogP contribution in [0.2, 0.25) is 0 Å². The molecule has 7 nitrogen and oxygen atoms in total. The second-order valence-electron chi connectivity index (χ2n) is 0.796. The maximum absolute atomic E-state index is 8.88. The molecule has 5 N–H and O–H groups in total. The molecule has 0 aromatic heterocycles. The fourth-order valence-electron chi connectivity index (χ4n) is 0. The number of carboxylic acid groups (broad SMARTS) is 2. The standard InChI is InChI=1S/CH2O3.K.Na.H3O4P.2H/c2-1(3)4;;;1-5(2,3)4;;/h(H2,2,3,4);;;(H3,1,2,3,4);;. The Hall–Kier alpha value is 2.02. The first-order valence-corrected chi connectivity index (χ1v) is 3.00. The molecule has 0 aromatic carbocycles. The van der Waals surface area contributed by atoms with Crippen LogP contribution in [0.25, 0.3) is 0 Å². The van der Waals surface area contributed by atoms with Gasteiger partial charge in [-0.2, -0.15) is 0 Å². The average molecular weight is 224 g/mol. The quantitative estimate of drug-likeness (QED) is 0.237. The Morgan fingerprint density at radius 1 is 1.09 bits per heavy atom. The number of phosphoric acid groups is 1. The second kappa shape index (κ2) is 12.0. The van der Waals surface area contributed by atoms with Crippen LogP contribution >= 0.6 is 7.82 Å². The Morgan fingerprint density at radius 3 is 1.09 bits per heavy atom. The van der Waals surface area contributed by atoms with Crippen LogP contribution in [0.4, 0.5) is 4.79 Å². The topological polar surface area (TPSA) is 135 Å². The molecule has 0 fully saturated rings. The predicted octanol–water partition coefficient (Wildman–Crippen LogP) is -2.00. The van der Waals surface area contributed by atoms with Crippen LogP contribution < -0.4 is 0 Å². The van der Waals surface area contributed by atoms with Crippen LogP contribution in [0.15, 0.2) is 0 Å². The summed E-state index contributed by atoms with van der Waals surface area (Å²) in [6, 6.07) is 0. The molecule has 0 aliphatic carbocycles. The van der Waals surface area contributed by atoms with Crippen molar-refractivity contribution in [1.29, 1.82) is 0 Å². The molecule has 0 unspecified atom stereocenters. The van der Waals surface area contributed by atoms with E-state index in [1.54, 1.807) is 0 Å². The van der Waals surface area contributed by atoms with Gasteiger partial charge in [-0.25, -0.2) is 9.36 Å². The maximum atomic E-state index is 8.88. The Labute approximate surface area is 127 Å². The van der Waals surface area contributed by atoms with E-state index in [0.717, 1.165) is 0 Å². The molecule has 0 amide bonds. The van der Waals surface area contributed by atoms with Crippen LogP contribution in [-0.2, 0) is 4.57 Å². The Kier molecular flexibility index (Phi) is 25.3. The van der Waals surface area contributed by atoms with Crippen molar-refractivity contribution in [3.05, 3.63) is 0 Å². The van der Waals surface area contributed by atoms with Gasteiger partial charge in [0.15, 0.2) is 0 Å². The summed E-state index contributed by atoms with van der Waals surface area (Å²) in [6.07, 6.45) is -1.83. The molecule has 0 saturated heterocycles. The number of carbonyl (C=O) groups is 1. The molecule has 0 radical (unpaired) electrons. The van der Waals surface area contributed by atoms with Crippen LogP contribution in [0.1, 0.15) is 0 Å². The van der Waals surface area contributed by atoms with Crippen molar-refractivity contribution in [3.63, 3.8) is 0 Å². The van der Waals surface area contributed by atoms with E-state index in [4.69, 9.17) is 34.3 Å². The average Bonchev–Trinajstić information content (AvgIpc) is 1.19. The summed E-state index contributed by atoms with van der Waals surface area (Å²) in [7, 11) is -4.64. The Morgan fingerprint density at radius 2 is 1.09 bits per heavy atom. The molecular formula is CH7KNaO7P. The fourth-order valence-corrected chi connectivity index (χ4v) is 0. The third kappa shape index (κ3) is 297. The van der Waals surface area contributed by atoms with Gasteiger partial charge in [0.25, 0.3) is 0 Å².